The second kappa shape index (κ2) is 7.00. The number of halogens is 4. The first-order chi connectivity index (χ1) is 11.5. The molecule has 9 heteroatoms. The Morgan fingerprint density at radius 1 is 1.17 bits per heavy atom. The zero-order valence-corrected chi connectivity index (χ0v) is 13.5. The van der Waals surface area contributed by atoms with Gasteiger partial charge in [0.1, 0.15) is 18.2 Å². The van der Waals surface area contributed by atoms with Crippen molar-refractivity contribution >= 4 is 15.9 Å². The highest BCUT2D eigenvalue weighted by atomic mass is 79.9. The molecule has 0 radical (unpaired) electrons. The quantitative estimate of drug-likeness (QED) is 0.629. The lowest BCUT2D eigenvalue weighted by atomic mass is 10.2. The highest BCUT2D eigenvalue weighted by Crippen LogP contribution is 2.24. The first-order valence-electron chi connectivity index (χ1n) is 6.67. The van der Waals surface area contributed by atoms with Crippen molar-refractivity contribution in [2.75, 3.05) is 0 Å². The van der Waals surface area contributed by atoms with Crippen LogP contribution < -0.4 is 4.74 Å². The van der Waals surface area contributed by atoms with Crippen LogP contribution in [-0.2, 0) is 6.61 Å². The zero-order chi connectivity index (χ0) is 17.1. The molecule has 24 heavy (non-hydrogen) atoms. The lowest BCUT2D eigenvalue weighted by Gasteiger charge is -2.06. The van der Waals surface area contributed by atoms with Crippen LogP contribution >= 0.6 is 15.9 Å². The van der Waals surface area contributed by atoms with Gasteiger partial charge in [0.05, 0.1) is 15.7 Å². The van der Waals surface area contributed by atoms with Crippen molar-refractivity contribution in [3.05, 3.63) is 58.4 Å². The Morgan fingerprint density at radius 3 is 2.62 bits per heavy atom. The van der Waals surface area contributed by atoms with Crippen LogP contribution in [0.1, 0.15) is 18.0 Å². The summed E-state index contributed by atoms with van der Waals surface area (Å²) >= 11 is 3.07. The molecule has 0 spiro atoms. The molecule has 1 aromatic carbocycles. The molecule has 0 unspecified atom stereocenters. The van der Waals surface area contributed by atoms with Crippen molar-refractivity contribution < 1.29 is 22.3 Å². The average Bonchev–Trinajstić information content (AvgIpc) is 3.07. The SMILES string of the molecule is Fc1ccc(OCc2ccc(-c3nnc(C(F)F)o3)cn2)cc1Br. The minimum Gasteiger partial charge on any atom is -0.487 e. The summed E-state index contributed by atoms with van der Waals surface area (Å²) in [4.78, 5) is 4.14. The Hall–Kier alpha value is -2.42. The average molecular weight is 400 g/mol. The minimum atomic E-state index is -2.82. The summed E-state index contributed by atoms with van der Waals surface area (Å²) < 4.78 is 48.6. The number of hydrogen-bond acceptors (Lipinski definition) is 5. The molecule has 2 heterocycles. The molecule has 0 saturated heterocycles. The number of ether oxygens (including phenoxy) is 1. The lowest BCUT2D eigenvalue weighted by molar-refractivity contribution is 0.116. The summed E-state index contributed by atoms with van der Waals surface area (Å²) in [5, 5.41) is 6.79. The fourth-order valence-corrected chi connectivity index (χ4v) is 2.16. The molecule has 0 saturated carbocycles. The first kappa shape index (κ1) is 16.4. The fourth-order valence-electron chi connectivity index (χ4n) is 1.80. The van der Waals surface area contributed by atoms with Gasteiger partial charge >= 0.3 is 6.43 Å². The van der Waals surface area contributed by atoms with E-state index in [-0.39, 0.29) is 18.3 Å². The van der Waals surface area contributed by atoms with Crippen LogP contribution in [0.4, 0.5) is 13.2 Å². The maximum Gasteiger partial charge on any atom is 0.314 e. The van der Waals surface area contributed by atoms with E-state index in [1.54, 1.807) is 12.1 Å². The predicted octanol–water partition coefficient (Wildman–Crippen LogP) is 4.55. The first-order valence-corrected chi connectivity index (χ1v) is 7.47. The van der Waals surface area contributed by atoms with Gasteiger partial charge in [0.2, 0.25) is 5.89 Å². The molecule has 124 valence electrons. The Balaban J connectivity index is 1.66. The predicted molar refractivity (Wildman–Crippen MR) is 80.9 cm³/mol. The van der Waals surface area contributed by atoms with Crippen molar-refractivity contribution in [3.63, 3.8) is 0 Å². The maximum absolute atomic E-state index is 13.1. The highest BCUT2D eigenvalue weighted by molar-refractivity contribution is 9.10. The van der Waals surface area contributed by atoms with Crippen LogP contribution in [0.2, 0.25) is 0 Å². The maximum atomic E-state index is 13.1. The molecule has 5 nitrogen and oxygen atoms in total. The van der Waals surface area contributed by atoms with E-state index in [1.165, 1.54) is 24.4 Å². The van der Waals surface area contributed by atoms with E-state index in [4.69, 9.17) is 9.15 Å². The molecular formula is C15H9BrF3N3O2. The van der Waals surface area contributed by atoms with Crippen LogP contribution in [0.15, 0.2) is 45.4 Å². The standard InChI is InChI=1S/C15H9BrF3N3O2/c16-11-5-10(3-4-12(11)17)23-7-9-2-1-8(6-20-9)14-21-22-15(24-14)13(18)19/h1-6,13H,7H2. The Morgan fingerprint density at radius 2 is 2.00 bits per heavy atom. The van der Waals surface area contributed by atoms with Crippen LogP contribution in [0.3, 0.4) is 0 Å². The van der Waals surface area contributed by atoms with Gasteiger partial charge < -0.3 is 9.15 Å². The third-order valence-electron chi connectivity index (χ3n) is 2.98. The second-order valence-electron chi connectivity index (χ2n) is 4.65. The molecule has 0 aliphatic carbocycles. The molecule has 0 amide bonds. The van der Waals surface area contributed by atoms with E-state index in [2.05, 4.69) is 31.1 Å². The summed E-state index contributed by atoms with van der Waals surface area (Å²) in [6.45, 7) is 0.157. The molecule has 0 fully saturated rings. The van der Waals surface area contributed by atoms with E-state index in [0.29, 0.717) is 21.5 Å². The van der Waals surface area contributed by atoms with Gasteiger partial charge in [-0.2, -0.15) is 8.78 Å². The molecule has 0 N–H and O–H groups in total. The van der Waals surface area contributed by atoms with Gasteiger partial charge in [-0.15, -0.1) is 10.2 Å². The van der Waals surface area contributed by atoms with Crippen molar-refractivity contribution in [1.82, 2.24) is 15.2 Å². The largest absolute Gasteiger partial charge is 0.487 e. The Labute approximate surface area is 142 Å². The number of hydrogen-bond donors (Lipinski definition) is 0. The van der Waals surface area contributed by atoms with Gasteiger partial charge in [-0.05, 0) is 46.3 Å². The van der Waals surface area contributed by atoms with E-state index >= 15 is 0 Å². The van der Waals surface area contributed by atoms with Crippen molar-refractivity contribution in [2.45, 2.75) is 13.0 Å². The molecule has 0 aliphatic heterocycles. The number of benzene rings is 1. The number of aromatic nitrogens is 3. The molecule has 0 aliphatic rings. The lowest BCUT2D eigenvalue weighted by Crippen LogP contribution is -1.98. The summed E-state index contributed by atoms with van der Waals surface area (Å²) in [5.74, 6) is -0.674. The van der Waals surface area contributed by atoms with Crippen molar-refractivity contribution in [3.8, 4) is 17.2 Å². The second-order valence-corrected chi connectivity index (χ2v) is 5.50. The van der Waals surface area contributed by atoms with Gasteiger partial charge in [0.15, 0.2) is 0 Å². The molecular weight excluding hydrogens is 391 g/mol. The molecule has 0 bridgehead atoms. The fraction of sp³-hybridized carbons (Fsp3) is 0.133. The normalized spacial score (nSPS) is 11.0. The van der Waals surface area contributed by atoms with Gasteiger partial charge in [0, 0.05) is 6.20 Å². The summed E-state index contributed by atoms with van der Waals surface area (Å²) in [5.41, 5.74) is 1.01. The van der Waals surface area contributed by atoms with Crippen molar-refractivity contribution in [1.29, 1.82) is 0 Å². The Bertz CT molecular complexity index is 840. The van der Waals surface area contributed by atoms with E-state index in [1.807, 2.05) is 0 Å². The monoisotopic (exact) mass is 399 g/mol. The highest BCUT2D eigenvalue weighted by Gasteiger charge is 2.17. The topological polar surface area (TPSA) is 61.0 Å². The van der Waals surface area contributed by atoms with Gasteiger partial charge in [0.25, 0.3) is 5.89 Å². The molecule has 2 aromatic heterocycles. The third-order valence-corrected chi connectivity index (χ3v) is 3.58. The molecule has 0 atom stereocenters. The van der Waals surface area contributed by atoms with Gasteiger partial charge in [-0.25, -0.2) is 4.39 Å². The van der Waals surface area contributed by atoms with Crippen LogP contribution in [-0.4, -0.2) is 15.2 Å². The van der Waals surface area contributed by atoms with E-state index < -0.39 is 12.3 Å². The van der Waals surface area contributed by atoms with E-state index in [0.717, 1.165) is 0 Å². The van der Waals surface area contributed by atoms with Gasteiger partial charge in [-0.3, -0.25) is 4.98 Å². The number of nitrogens with zero attached hydrogens (tertiary/aromatic N) is 3. The minimum absolute atomic E-state index is 0.0345. The van der Waals surface area contributed by atoms with Crippen LogP contribution in [0.5, 0.6) is 5.75 Å². The number of rotatable bonds is 5. The number of alkyl halides is 2. The third kappa shape index (κ3) is 3.73. The summed E-state index contributed by atoms with van der Waals surface area (Å²) in [6, 6.07) is 7.54. The summed E-state index contributed by atoms with van der Waals surface area (Å²) in [7, 11) is 0. The smallest absolute Gasteiger partial charge is 0.314 e. The van der Waals surface area contributed by atoms with Crippen molar-refractivity contribution in [2.24, 2.45) is 0 Å². The molecule has 3 rings (SSSR count). The molecule has 3 aromatic rings. The summed E-state index contributed by atoms with van der Waals surface area (Å²) in [6.07, 6.45) is -1.40. The van der Waals surface area contributed by atoms with Gasteiger partial charge in [-0.1, -0.05) is 0 Å². The van der Waals surface area contributed by atoms with E-state index in [9.17, 15) is 13.2 Å². The number of pyridine rings is 1. The van der Waals surface area contributed by atoms with Crippen LogP contribution in [0, 0.1) is 5.82 Å². The van der Waals surface area contributed by atoms with Crippen LogP contribution in [0.25, 0.3) is 11.5 Å². The zero-order valence-electron chi connectivity index (χ0n) is 11.9. The Kier molecular flexibility index (Phi) is 4.79.